The summed E-state index contributed by atoms with van der Waals surface area (Å²) in [5.74, 6) is -3.97. The molecule has 0 atom stereocenters. The van der Waals surface area contributed by atoms with E-state index in [0.717, 1.165) is 103 Å². The highest BCUT2D eigenvalue weighted by atomic mass is 16.6. The number of hydrogen-bond donors (Lipinski definition) is 0. The number of unbranched alkanes of at least 4 members (excludes halogenated alkanes) is 20. The van der Waals surface area contributed by atoms with Gasteiger partial charge in [-0.3, -0.25) is 33.7 Å². The summed E-state index contributed by atoms with van der Waals surface area (Å²) in [7, 11) is 1.76. The summed E-state index contributed by atoms with van der Waals surface area (Å²) in [6.07, 6.45) is 30.1. The van der Waals surface area contributed by atoms with Crippen molar-refractivity contribution < 1.29 is 66.6 Å². The Hall–Kier alpha value is -4.50. The van der Waals surface area contributed by atoms with Gasteiger partial charge in [-0.05, 0) is 25.7 Å². The van der Waals surface area contributed by atoms with Gasteiger partial charge in [-0.1, -0.05) is 156 Å². The van der Waals surface area contributed by atoms with Gasteiger partial charge in [0.05, 0.1) is 59.4 Å². The van der Waals surface area contributed by atoms with Gasteiger partial charge in [0.15, 0.2) is 0 Å². The van der Waals surface area contributed by atoms with E-state index in [2.05, 4.69) is 27.7 Å². The van der Waals surface area contributed by atoms with Gasteiger partial charge in [0, 0.05) is 37.5 Å². The van der Waals surface area contributed by atoms with Crippen LogP contribution in [0.5, 0.6) is 0 Å². The fraction of sp³-hybridized carbons (Fsp3) is 0.818. The lowest BCUT2D eigenvalue weighted by atomic mass is 10.1. The van der Waals surface area contributed by atoms with E-state index in [-0.39, 0.29) is 115 Å². The largest absolute Gasteiger partial charge is 0.465 e. The van der Waals surface area contributed by atoms with Gasteiger partial charge in [-0.15, -0.1) is 0 Å². The molecule has 71 heavy (non-hydrogen) atoms. The van der Waals surface area contributed by atoms with Crippen LogP contribution in [0.1, 0.15) is 220 Å². The van der Waals surface area contributed by atoms with Crippen LogP contribution in [-0.4, -0.2) is 104 Å². The molecule has 0 aliphatic heterocycles. The van der Waals surface area contributed by atoms with Crippen LogP contribution >= 0.6 is 0 Å². The average Bonchev–Trinajstić information content (AvgIpc) is 3.80. The second-order valence-corrected chi connectivity index (χ2v) is 19.1. The highest BCUT2D eigenvalue weighted by Crippen LogP contribution is 2.15. The molecule has 0 aliphatic carbocycles. The molecule has 0 saturated heterocycles. The summed E-state index contributed by atoms with van der Waals surface area (Å²) in [5, 5.41) is 0. The molecule has 0 radical (unpaired) electrons. The van der Waals surface area contributed by atoms with Crippen LogP contribution in [-0.2, 0) is 64.2 Å². The molecule has 1 heterocycles. The van der Waals surface area contributed by atoms with Crippen molar-refractivity contribution in [1.29, 1.82) is 0 Å². The number of aryl methyl sites for hydroxylation is 1. The van der Waals surface area contributed by atoms with E-state index in [1.165, 1.54) is 35.2 Å². The zero-order chi connectivity index (χ0) is 52.2. The highest BCUT2D eigenvalue weighted by molar-refractivity contribution is 5.77. The summed E-state index contributed by atoms with van der Waals surface area (Å²) in [6.45, 7) is 7.70. The molecule has 0 fully saturated rings. The number of rotatable bonds is 46. The summed E-state index contributed by atoms with van der Waals surface area (Å²) < 4.78 is 36.3. The van der Waals surface area contributed by atoms with Crippen molar-refractivity contribution in [3.05, 3.63) is 18.7 Å². The van der Waals surface area contributed by atoms with Gasteiger partial charge < -0.3 is 28.4 Å². The second kappa shape index (κ2) is 44.2. The molecule has 1 amide bonds. The maximum absolute atomic E-state index is 13.6. The van der Waals surface area contributed by atoms with Crippen LogP contribution in [0.2, 0.25) is 0 Å². The van der Waals surface area contributed by atoms with Gasteiger partial charge in [-0.2, -0.15) is 4.57 Å². The predicted molar refractivity (Wildman–Crippen MR) is 272 cm³/mol. The molecule has 0 N–H and O–H groups in total. The zero-order valence-electron chi connectivity index (χ0n) is 44.9. The Bertz CT molecular complexity index is 1430. The van der Waals surface area contributed by atoms with Crippen molar-refractivity contribution in [2.24, 2.45) is 18.9 Å². The van der Waals surface area contributed by atoms with E-state index in [9.17, 15) is 33.6 Å². The molecular formula is C55H96N3O13+. The first kappa shape index (κ1) is 64.5. The van der Waals surface area contributed by atoms with E-state index < -0.39 is 29.8 Å². The Labute approximate surface area is 427 Å². The third-order valence-electron chi connectivity index (χ3n) is 12.3. The zero-order valence-corrected chi connectivity index (χ0v) is 44.9. The molecule has 408 valence electrons. The van der Waals surface area contributed by atoms with Gasteiger partial charge >= 0.3 is 41.8 Å². The number of ether oxygens (including phenoxy) is 6. The standard InChI is InChI=1S/C55H96N3O13/c1-6-10-14-18-22-26-30-49(59)68-42-47(43-69-50(60)31-27-23-19-15-11-7-2)40-53(63)66-38-36-57(55(65)58-35-34-56(5)46-58)37-39-67-54(64)41-48(44-70-51(61)32-28-24-20-16-12-8-3)45-71-52(62)33-29-25-21-17-13-9-4/h34-35,46-48H,6-33,36-45H2,1-5H3/q+1. The third kappa shape index (κ3) is 37.0. The van der Waals surface area contributed by atoms with Crippen molar-refractivity contribution in [2.75, 3.05) is 52.7 Å². The summed E-state index contributed by atoms with van der Waals surface area (Å²) in [6, 6.07) is -0.447. The third-order valence-corrected chi connectivity index (χ3v) is 12.3. The Kier molecular flexibility index (Phi) is 40.2. The maximum Gasteiger partial charge on any atom is 0.416 e. The molecule has 0 aromatic carbocycles. The van der Waals surface area contributed by atoms with E-state index in [1.807, 2.05) is 0 Å². The van der Waals surface area contributed by atoms with Crippen molar-refractivity contribution >= 4 is 41.8 Å². The fourth-order valence-corrected chi connectivity index (χ4v) is 7.82. The van der Waals surface area contributed by atoms with E-state index in [0.29, 0.717) is 25.7 Å². The Morgan fingerprint density at radius 3 is 1.00 bits per heavy atom. The predicted octanol–water partition coefficient (Wildman–Crippen LogP) is 10.9. The topological polar surface area (TPSA) is 187 Å². The number of hydrogen-bond acceptors (Lipinski definition) is 13. The summed E-state index contributed by atoms with van der Waals surface area (Å²) in [5.41, 5.74) is 0. The van der Waals surface area contributed by atoms with Crippen molar-refractivity contribution in [2.45, 2.75) is 220 Å². The van der Waals surface area contributed by atoms with Gasteiger partial charge in [-0.25, -0.2) is 9.36 Å². The van der Waals surface area contributed by atoms with Gasteiger partial charge in [0.2, 0.25) is 0 Å². The Morgan fingerprint density at radius 2 is 0.718 bits per heavy atom. The molecule has 0 spiro atoms. The maximum atomic E-state index is 13.6. The lowest BCUT2D eigenvalue weighted by Gasteiger charge is -2.21. The molecule has 0 unspecified atom stereocenters. The minimum atomic E-state index is -0.627. The first-order chi connectivity index (χ1) is 34.4. The van der Waals surface area contributed by atoms with Crippen LogP contribution < -0.4 is 4.57 Å². The van der Waals surface area contributed by atoms with Crippen LogP contribution in [0.3, 0.4) is 0 Å². The number of carbonyl (C=O) groups excluding carboxylic acids is 7. The molecule has 0 saturated carbocycles. The second-order valence-electron chi connectivity index (χ2n) is 19.1. The molecule has 1 aromatic heterocycles. The number of amides is 1. The molecule has 16 nitrogen and oxygen atoms in total. The van der Waals surface area contributed by atoms with E-state index >= 15 is 0 Å². The van der Waals surface area contributed by atoms with Crippen molar-refractivity contribution in [3.63, 3.8) is 0 Å². The lowest BCUT2D eigenvalue weighted by molar-refractivity contribution is -0.670. The number of aromatic nitrogens is 2. The van der Waals surface area contributed by atoms with Crippen molar-refractivity contribution in [1.82, 2.24) is 9.47 Å². The molecular weight excluding hydrogens is 911 g/mol. The van der Waals surface area contributed by atoms with Crippen LogP contribution in [0.15, 0.2) is 18.7 Å². The minimum absolute atomic E-state index is 0.0408. The molecule has 1 rings (SSSR count). The van der Waals surface area contributed by atoms with Crippen LogP contribution in [0.4, 0.5) is 4.79 Å². The van der Waals surface area contributed by atoms with Gasteiger partial charge in [0.1, 0.15) is 25.6 Å². The quantitative estimate of drug-likeness (QED) is 0.0260. The van der Waals surface area contributed by atoms with Crippen molar-refractivity contribution in [3.8, 4) is 0 Å². The summed E-state index contributed by atoms with van der Waals surface area (Å²) in [4.78, 5) is 91.8. The Morgan fingerprint density at radius 1 is 0.423 bits per heavy atom. The normalized spacial score (nSPS) is 11.1. The molecule has 0 aliphatic rings. The molecule has 0 bridgehead atoms. The summed E-state index contributed by atoms with van der Waals surface area (Å²) >= 11 is 0. The highest BCUT2D eigenvalue weighted by Gasteiger charge is 2.25. The van der Waals surface area contributed by atoms with E-state index in [4.69, 9.17) is 28.4 Å². The number of carbonyl (C=O) groups is 7. The van der Waals surface area contributed by atoms with Crippen LogP contribution in [0, 0.1) is 11.8 Å². The monoisotopic (exact) mass is 1010 g/mol. The smallest absolute Gasteiger partial charge is 0.416 e. The van der Waals surface area contributed by atoms with E-state index in [1.54, 1.807) is 30.3 Å². The molecule has 16 heteroatoms. The number of imidazole rings is 1. The first-order valence-corrected chi connectivity index (χ1v) is 27.7. The fourth-order valence-electron chi connectivity index (χ4n) is 7.82. The average molecular weight is 1010 g/mol. The number of nitrogens with zero attached hydrogens (tertiary/aromatic N) is 3. The minimum Gasteiger partial charge on any atom is -0.465 e. The number of esters is 6. The lowest BCUT2D eigenvalue weighted by Crippen LogP contribution is -2.40. The molecule has 1 aromatic rings. The first-order valence-electron chi connectivity index (χ1n) is 27.7. The SMILES string of the molecule is CCCCCCCCC(=O)OCC(COC(=O)CCCCCCCC)CC(=O)OCCN(CCOC(=O)CC(COC(=O)CCCCCCCC)COC(=O)CCCCCCCC)C(=O)n1cc[n+](C)c1. The van der Waals surface area contributed by atoms with Crippen LogP contribution in [0.25, 0.3) is 0 Å². The Balaban J connectivity index is 2.88. The van der Waals surface area contributed by atoms with Gasteiger partial charge in [0.25, 0.3) is 6.33 Å².